The van der Waals surface area contributed by atoms with Crippen LogP contribution in [0, 0.1) is 19.8 Å². The van der Waals surface area contributed by atoms with Gasteiger partial charge in [-0.15, -0.1) is 0 Å². The molecule has 1 heterocycles. The van der Waals surface area contributed by atoms with Crippen molar-refractivity contribution in [2.24, 2.45) is 5.92 Å². The molecular formula is C16H30N4O. The highest BCUT2D eigenvalue weighted by Crippen LogP contribution is 2.13. The fourth-order valence-electron chi connectivity index (χ4n) is 2.16. The zero-order valence-electron chi connectivity index (χ0n) is 14.5. The van der Waals surface area contributed by atoms with Crippen LogP contribution in [0.25, 0.3) is 0 Å². The van der Waals surface area contributed by atoms with Gasteiger partial charge in [0.2, 0.25) is 5.91 Å². The molecule has 0 aliphatic rings. The minimum Gasteiger partial charge on any atom is -0.342 e. The summed E-state index contributed by atoms with van der Waals surface area (Å²) < 4.78 is 1.82. The van der Waals surface area contributed by atoms with E-state index in [0.717, 1.165) is 24.5 Å². The number of nitrogens with zero attached hydrogens (tertiary/aromatic N) is 3. The number of hydrogen-bond acceptors (Lipinski definition) is 3. The summed E-state index contributed by atoms with van der Waals surface area (Å²) in [5, 5.41) is 7.96. The molecule has 0 bridgehead atoms. The first-order valence-electron chi connectivity index (χ1n) is 7.73. The standard InChI is InChI=1S/C16H30N4O/c1-11(2)8-17-9-15-13(5)18-20(14(15)6)10-16(21)19(7)12(3)4/h11-12,17H,8-10H2,1-7H3. The van der Waals surface area contributed by atoms with Crippen LogP contribution in [-0.4, -0.2) is 40.2 Å². The molecular weight excluding hydrogens is 264 g/mol. The molecule has 0 unspecified atom stereocenters. The van der Waals surface area contributed by atoms with Gasteiger partial charge in [-0.2, -0.15) is 5.10 Å². The maximum Gasteiger partial charge on any atom is 0.244 e. The van der Waals surface area contributed by atoms with Gasteiger partial charge in [-0.05, 0) is 40.2 Å². The number of aryl methyl sites for hydroxylation is 1. The van der Waals surface area contributed by atoms with Crippen LogP contribution in [0.1, 0.15) is 44.6 Å². The van der Waals surface area contributed by atoms with Crippen molar-refractivity contribution in [3.05, 3.63) is 17.0 Å². The lowest BCUT2D eigenvalue weighted by Crippen LogP contribution is -2.36. The number of rotatable bonds is 7. The first-order valence-corrected chi connectivity index (χ1v) is 7.73. The van der Waals surface area contributed by atoms with Gasteiger partial charge in [-0.25, -0.2) is 0 Å². The lowest BCUT2D eigenvalue weighted by Gasteiger charge is -2.21. The summed E-state index contributed by atoms with van der Waals surface area (Å²) in [7, 11) is 1.84. The number of nitrogens with one attached hydrogen (secondary N) is 1. The van der Waals surface area contributed by atoms with E-state index in [4.69, 9.17) is 0 Å². The maximum atomic E-state index is 12.2. The highest BCUT2D eigenvalue weighted by atomic mass is 16.2. The van der Waals surface area contributed by atoms with Crippen molar-refractivity contribution in [1.29, 1.82) is 0 Å². The molecule has 1 rings (SSSR count). The van der Waals surface area contributed by atoms with Gasteiger partial charge in [0.25, 0.3) is 0 Å². The lowest BCUT2D eigenvalue weighted by atomic mass is 10.2. The smallest absolute Gasteiger partial charge is 0.244 e. The lowest BCUT2D eigenvalue weighted by molar-refractivity contribution is -0.132. The molecule has 1 aromatic rings. The topological polar surface area (TPSA) is 50.2 Å². The van der Waals surface area contributed by atoms with E-state index in [-0.39, 0.29) is 11.9 Å². The van der Waals surface area contributed by atoms with Crippen molar-refractivity contribution < 1.29 is 4.79 Å². The van der Waals surface area contributed by atoms with Crippen LogP contribution in [0.2, 0.25) is 0 Å². The highest BCUT2D eigenvalue weighted by molar-refractivity contribution is 5.76. The number of carbonyl (C=O) groups is 1. The zero-order valence-corrected chi connectivity index (χ0v) is 14.5. The molecule has 1 aromatic heterocycles. The number of carbonyl (C=O) groups excluding carboxylic acids is 1. The molecule has 0 saturated carbocycles. The summed E-state index contributed by atoms with van der Waals surface area (Å²) in [5.41, 5.74) is 3.29. The number of likely N-dealkylation sites (N-methyl/N-ethyl adjacent to an activating group) is 1. The molecule has 5 nitrogen and oxygen atoms in total. The Hall–Kier alpha value is -1.36. The van der Waals surface area contributed by atoms with Crippen molar-refractivity contribution in [1.82, 2.24) is 20.0 Å². The van der Waals surface area contributed by atoms with E-state index >= 15 is 0 Å². The Kier molecular flexibility index (Phi) is 6.40. The number of hydrogen-bond donors (Lipinski definition) is 1. The van der Waals surface area contributed by atoms with Gasteiger partial charge in [-0.3, -0.25) is 9.48 Å². The third-order valence-electron chi connectivity index (χ3n) is 3.84. The maximum absolute atomic E-state index is 12.2. The van der Waals surface area contributed by atoms with Crippen LogP contribution in [0.3, 0.4) is 0 Å². The molecule has 0 atom stereocenters. The van der Waals surface area contributed by atoms with E-state index < -0.39 is 0 Å². The summed E-state index contributed by atoms with van der Waals surface area (Å²) in [6.07, 6.45) is 0. The third kappa shape index (κ3) is 4.84. The van der Waals surface area contributed by atoms with Crippen molar-refractivity contribution in [2.75, 3.05) is 13.6 Å². The van der Waals surface area contributed by atoms with Crippen LogP contribution in [0.15, 0.2) is 0 Å². The largest absolute Gasteiger partial charge is 0.342 e. The van der Waals surface area contributed by atoms with E-state index in [1.54, 1.807) is 4.90 Å². The molecule has 5 heteroatoms. The number of aromatic nitrogens is 2. The minimum absolute atomic E-state index is 0.0947. The van der Waals surface area contributed by atoms with Gasteiger partial charge >= 0.3 is 0 Å². The molecule has 0 aliphatic heterocycles. The summed E-state index contributed by atoms with van der Waals surface area (Å²) in [6.45, 7) is 14.6. The Labute approximate surface area is 128 Å². The Morgan fingerprint density at radius 1 is 1.29 bits per heavy atom. The van der Waals surface area contributed by atoms with Gasteiger partial charge in [0.1, 0.15) is 6.54 Å². The summed E-state index contributed by atoms with van der Waals surface area (Å²) in [4.78, 5) is 13.9. The zero-order chi connectivity index (χ0) is 16.2. The van der Waals surface area contributed by atoms with Gasteiger partial charge in [0, 0.05) is 30.9 Å². The first kappa shape index (κ1) is 17.7. The Balaban J connectivity index is 2.75. The monoisotopic (exact) mass is 294 g/mol. The normalized spacial score (nSPS) is 11.5. The predicted octanol–water partition coefficient (Wildman–Crippen LogP) is 2.11. The van der Waals surface area contributed by atoms with Gasteiger partial charge in [-0.1, -0.05) is 13.8 Å². The van der Waals surface area contributed by atoms with Gasteiger partial charge in [0.05, 0.1) is 5.69 Å². The SMILES string of the molecule is Cc1nn(CC(=O)N(C)C(C)C)c(C)c1CNCC(C)C. The summed E-state index contributed by atoms with van der Waals surface area (Å²) >= 11 is 0. The van der Waals surface area contributed by atoms with Crippen LogP contribution < -0.4 is 5.32 Å². The highest BCUT2D eigenvalue weighted by Gasteiger charge is 2.17. The van der Waals surface area contributed by atoms with Crippen LogP contribution >= 0.6 is 0 Å². The van der Waals surface area contributed by atoms with Crippen molar-refractivity contribution in [2.45, 2.75) is 60.7 Å². The molecule has 1 N–H and O–H groups in total. The van der Waals surface area contributed by atoms with Crippen molar-refractivity contribution in [3.63, 3.8) is 0 Å². The summed E-state index contributed by atoms with van der Waals surface area (Å²) in [6, 6.07) is 0.210. The second-order valence-electron chi connectivity index (χ2n) is 6.43. The van der Waals surface area contributed by atoms with Crippen LogP contribution in [-0.2, 0) is 17.9 Å². The van der Waals surface area contributed by atoms with E-state index in [9.17, 15) is 4.79 Å². The molecule has 0 aliphatic carbocycles. The van der Waals surface area contributed by atoms with E-state index in [1.807, 2.05) is 39.4 Å². The Bertz CT molecular complexity index is 477. The van der Waals surface area contributed by atoms with Crippen LogP contribution in [0.4, 0.5) is 0 Å². The Morgan fingerprint density at radius 3 is 2.43 bits per heavy atom. The molecule has 21 heavy (non-hydrogen) atoms. The van der Waals surface area contributed by atoms with Crippen molar-refractivity contribution in [3.8, 4) is 0 Å². The quantitative estimate of drug-likeness (QED) is 0.838. The minimum atomic E-state index is 0.0947. The van der Waals surface area contributed by atoms with E-state index in [1.165, 1.54) is 5.56 Å². The average molecular weight is 294 g/mol. The molecule has 1 amide bonds. The average Bonchev–Trinajstić information content (AvgIpc) is 2.64. The van der Waals surface area contributed by atoms with E-state index in [0.29, 0.717) is 12.5 Å². The summed E-state index contributed by atoms with van der Waals surface area (Å²) in [5.74, 6) is 0.721. The Morgan fingerprint density at radius 2 is 1.90 bits per heavy atom. The molecule has 0 saturated heterocycles. The first-order chi connectivity index (χ1) is 9.73. The third-order valence-corrected chi connectivity index (χ3v) is 3.84. The van der Waals surface area contributed by atoms with Crippen molar-refractivity contribution >= 4 is 5.91 Å². The number of amides is 1. The fourth-order valence-corrected chi connectivity index (χ4v) is 2.16. The van der Waals surface area contributed by atoms with Gasteiger partial charge in [0.15, 0.2) is 0 Å². The molecule has 0 spiro atoms. The van der Waals surface area contributed by atoms with E-state index in [2.05, 4.69) is 24.3 Å². The second kappa shape index (κ2) is 7.59. The molecule has 0 aromatic carbocycles. The van der Waals surface area contributed by atoms with Crippen LogP contribution in [0.5, 0.6) is 0 Å². The molecule has 0 fully saturated rings. The molecule has 0 radical (unpaired) electrons. The molecule has 120 valence electrons. The van der Waals surface area contributed by atoms with Gasteiger partial charge < -0.3 is 10.2 Å². The predicted molar refractivity (Wildman–Crippen MR) is 86.2 cm³/mol. The second-order valence-corrected chi connectivity index (χ2v) is 6.43. The fraction of sp³-hybridized carbons (Fsp3) is 0.750.